The third kappa shape index (κ3) is 4.54. The minimum absolute atomic E-state index is 0.0221. The highest BCUT2D eigenvalue weighted by Crippen LogP contribution is 2.37. The number of benzene rings is 1. The van der Waals surface area contributed by atoms with Crippen molar-refractivity contribution in [2.24, 2.45) is 0 Å². The van der Waals surface area contributed by atoms with Gasteiger partial charge in [0.2, 0.25) is 0 Å². The largest absolute Gasteiger partial charge is 0.480 e. The average Bonchev–Trinajstić information content (AvgIpc) is 3.23. The highest BCUT2D eigenvalue weighted by molar-refractivity contribution is 5.95. The lowest BCUT2D eigenvalue weighted by Gasteiger charge is -2.33. The fraction of sp³-hybridized carbons (Fsp3) is 0.400. The molecule has 0 radical (unpaired) electrons. The van der Waals surface area contributed by atoms with E-state index < -0.39 is 23.6 Å². The summed E-state index contributed by atoms with van der Waals surface area (Å²) in [5, 5.41) is 16.6. The number of fused-ring (bicyclic) bond motifs is 3. The van der Waals surface area contributed by atoms with Crippen LogP contribution in [0.1, 0.15) is 19.3 Å². The lowest BCUT2D eigenvalue weighted by Crippen LogP contribution is -2.47. The number of pyridine rings is 1. The predicted molar refractivity (Wildman–Crippen MR) is 133 cm³/mol. The second-order valence-electron chi connectivity index (χ2n) is 9.62. The zero-order valence-corrected chi connectivity index (χ0v) is 20.2. The van der Waals surface area contributed by atoms with E-state index in [1.807, 2.05) is 0 Å². The van der Waals surface area contributed by atoms with Crippen LogP contribution in [0.3, 0.4) is 0 Å². The normalized spacial score (nSPS) is 23.3. The van der Waals surface area contributed by atoms with Crippen LogP contribution in [0.15, 0.2) is 41.3 Å². The van der Waals surface area contributed by atoms with Crippen LogP contribution >= 0.6 is 0 Å². The van der Waals surface area contributed by atoms with Crippen molar-refractivity contribution < 1.29 is 28.6 Å². The number of ether oxygens (including phenoxy) is 2. The second-order valence-corrected chi connectivity index (χ2v) is 9.62. The van der Waals surface area contributed by atoms with Gasteiger partial charge in [-0.05, 0) is 43.2 Å². The molecule has 3 aromatic rings. The number of amides is 2. The Morgan fingerprint density at radius 1 is 1.21 bits per heavy atom. The topological polar surface area (TPSA) is 148 Å². The number of hydrogen-bond acceptors (Lipinski definition) is 9. The van der Waals surface area contributed by atoms with E-state index in [1.54, 1.807) is 12.1 Å². The monoisotopic (exact) mass is 524 g/mol. The Bertz CT molecular complexity index is 1480. The summed E-state index contributed by atoms with van der Waals surface area (Å²) in [5.41, 5.74) is 0.347. The Labute approximate surface area is 215 Å². The van der Waals surface area contributed by atoms with E-state index in [0.29, 0.717) is 35.4 Å². The molecule has 6 rings (SSSR count). The van der Waals surface area contributed by atoms with Crippen LogP contribution in [-0.4, -0.2) is 69.1 Å². The van der Waals surface area contributed by atoms with Crippen molar-refractivity contribution in [1.82, 2.24) is 19.9 Å². The zero-order chi connectivity index (χ0) is 26.4. The smallest absolute Gasteiger partial charge is 0.416 e. The standard InChI is InChI=1S/C25H25FN6O6/c26-13-1-3-16-18(7-13)31(23(35)10-28-16)11-15(33)9-27-14-2-4-17-20(8-14)38-25(36)32(17)21-6-5-19-24(29-21)30-22(34)12-37-19/h1,3,5-7,10,14-15,17,20,27,33H,2,4,8-9,11-12H2,(H,29,30,34)/t14-,15-,17-,20-/m0/s1. The maximum atomic E-state index is 13.8. The molecule has 3 aliphatic rings. The molecular weight excluding hydrogens is 499 g/mol. The summed E-state index contributed by atoms with van der Waals surface area (Å²) in [6.07, 6.45) is 1.25. The summed E-state index contributed by atoms with van der Waals surface area (Å²) in [6, 6.07) is 7.07. The van der Waals surface area contributed by atoms with E-state index in [0.717, 1.165) is 12.6 Å². The van der Waals surface area contributed by atoms with Crippen molar-refractivity contribution in [2.75, 3.05) is 23.4 Å². The van der Waals surface area contributed by atoms with Crippen molar-refractivity contribution in [3.63, 3.8) is 0 Å². The number of halogens is 1. The van der Waals surface area contributed by atoms with Crippen molar-refractivity contribution in [3.05, 3.63) is 52.7 Å². The molecule has 1 aliphatic carbocycles. The van der Waals surface area contributed by atoms with Crippen LogP contribution < -0.4 is 25.8 Å². The molecule has 13 heteroatoms. The number of rotatable bonds is 6. The van der Waals surface area contributed by atoms with Gasteiger partial charge in [0.1, 0.15) is 17.7 Å². The Hall–Kier alpha value is -4.10. The van der Waals surface area contributed by atoms with Gasteiger partial charge in [-0.15, -0.1) is 0 Å². The molecule has 3 N–H and O–H groups in total. The maximum Gasteiger partial charge on any atom is 0.416 e. The number of anilines is 2. The third-order valence-corrected chi connectivity index (χ3v) is 7.09. The van der Waals surface area contributed by atoms with Crippen LogP contribution in [-0.2, 0) is 16.1 Å². The molecule has 38 heavy (non-hydrogen) atoms. The molecule has 4 atom stereocenters. The van der Waals surface area contributed by atoms with Crippen molar-refractivity contribution in [1.29, 1.82) is 0 Å². The highest BCUT2D eigenvalue weighted by atomic mass is 19.1. The number of nitrogens with one attached hydrogen (secondary N) is 2. The Morgan fingerprint density at radius 3 is 2.95 bits per heavy atom. The van der Waals surface area contributed by atoms with Crippen LogP contribution in [0.5, 0.6) is 5.75 Å². The molecule has 1 saturated carbocycles. The molecule has 0 bridgehead atoms. The molecular formula is C25H25FN6O6. The lowest BCUT2D eigenvalue weighted by atomic mass is 9.88. The highest BCUT2D eigenvalue weighted by Gasteiger charge is 2.46. The third-order valence-electron chi connectivity index (χ3n) is 7.09. The van der Waals surface area contributed by atoms with Crippen LogP contribution in [0.2, 0.25) is 0 Å². The summed E-state index contributed by atoms with van der Waals surface area (Å²) in [5.74, 6) is 0.276. The van der Waals surface area contributed by atoms with Crippen LogP contribution in [0, 0.1) is 5.82 Å². The first-order valence-corrected chi connectivity index (χ1v) is 12.4. The molecule has 0 spiro atoms. The molecule has 1 saturated heterocycles. The molecule has 4 heterocycles. The van der Waals surface area contributed by atoms with E-state index in [2.05, 4.69) is 20.6 Å². The van der Waals surface area contributed by atoms with Crippen molar-refractivity contribution in [3.8, 4) is 5.75 Å². The van der Waals surface area contributed by atoms with Gasteiger partial charge in [-0.3, -0.25) is 14.5 Å². The van der Waals surface area contributed by atoms with E-state index in [-0.39, 0.29) is 49.6 Å². The zero-order valence-electron chi connectivity index (χ0n) is 20.2. The Balaban J connectivity index is 1.08. The number of hydrogen-bond donors (Lipinski definition) is 3. The van der Waals surface area contributed by atoms with Gasteiger partial charge in [0.15, 0.2) is 18.2 Å². The predicted octanol–water partition coefficient (Wildman–Crippen LogP) is 1.16. The second kappa shape index (κ2) is 9.65. The summed E-state index contributed by atoms with van der Waals surface area (Å²) in [7, 11) is 0. The number of aliphatic hydroxyl groups is 1. The minimum Gasteiger partial charge on any atom is -0.480 e. The number of carbonyl (C=O) groups excluding carboxylic acids is 2. The first-order valence-electron chi connectivity index (χ1n) is 12.4. The number of aliphatic hydroxyl groups excluding tert-OH is 1. The first-order chi connectivity index (χ1) is 18.4. The quantitative estimate of drug-likeness (QED) is 0.432. The molecule has 2 aromatic heterocycles. The fourth-order valence-corrected chi connectivity index (χ4v) is 5.29. The number of aromatic nitrogens is 3. The first kappa shape index (κ1) is 24.2. The van der Waals surface area contributed by atoms with Gasteiger partial charge < -0.3 is 29.8 Å². The number of carbonyl (C=O) groups is 2. The fourth-order valence-electron chi connectivity index (χ4n) is 5.29. The molecule has 2 amide bonds. The molecule has 1 aromatic carbocycles. The van der Waals surface area contributed by atoms with Gasteiger partial charge in [-0.1, -0.05) is 0 Å². The SMILES string of the molecule is O=C1COc2ccc(N3C(=O)O[C@H]4C[C@@H](NC[C@H](O)Cn5c(=O)cnc6ccc(F)cc65)CC[C@@H]43)nc2N1. The van der Waals surface area contributed by atoms with Crippen LogP contribution in [0.4, 0.5) is 20.8 Å². The van der Waals surface area contributed by atoms with E-state index in [1.165, 1.54) is 27.7 Å². The Kier molecular flexibility index (Phi) is 6.16. The molecule has 0 unspecified atom stereocenters. The molecule has 198 valence electrons. The van der Waals surface area contributed by atoms with Gasteiger partial charge in [0, 0.05) is 19.0 Å². The molecule has 12 nitrogen and oxygen atoms in total. The summed E-state index contributed by atoms with van der Waals surface area (Å²) in [6.45, 7) is 0.0828. The van der Waals surface area contributed by atoms with Gasteiger partial charge >= 0.3 is 6.09 Å². The van der Waals surface area contributed by atoms with Gasteiger partial charge in [0.05, 0.1) is 35.9 Å². The minimum atomic E-state index is -0.918. The van der Waals surface area contributed by atoms with Crippen LogP contribution in [0.25, 0.3) is 11.0 Å². The Morgan fingerprint density at radius 2 is 2.08 bits per heavy atom. The number of nitrogens with zero attached hydrogens (tertiary/aromatic N) is 4. The summed E-state index contributed by atoms with van der Waals surface area (Å²) < 4.78 is 26.0. The average molecular weight is 525 g/mol. The van der Waals surface area contributed by atoms with E-state index in [4.69, 9.17) is 9.47 Å². The van der Waals surface area contributed by atoms with Gasteiger partial charge in [0.25, 0.3) is 11.5 Å². The molecule has 2 fully saturated rings. The van der Waals surface area contributed by atoms with E-state index >= 15 is 0 Å². The van der Waals surface area contributed by atoms with Crippen molar-refractivity contribution in [2.45, 2.75) is 50.1 Å². The summed E-state index contributed by atoms with van der Waals surface area (Å²) >= 11 is 0. The van der Waals surface area contributed by atoms with Gasteiger partial charge in [-0.25, -0.2) is 19.2 Å². The van der Waals surface area contributed by atoms with Gasteiger partial charge in [-0.2, -0.15) is 0 Å². The molecule has 2 aliphatic heterocycles. The summed E-state index contributed by atoms with van der Waals surface area (Å²) in [4.78, 5) is 46.7. The van der Waals surface area contributed by atoms with Crippen molar-refractivity contribution >= 4 is 34.7 Å². The maximum absolute atomic E-state index is 13.8. The lowest BCUT2D eigenvalue weighted by molar-refractivity contribution is -0.118. The van der Waals surface area contributed by atoms with E-state index in [9.17, 15) is 23.9 Å².